The van der Waals surface area contributed by atoms with Gasteiger partial charge in [-0.3, -0.25) is 9.10 Å². The van der Waals surface area contributed by atoms with E-state index in [0.29, 0.717) is 41.0 Å². The molecule has 3 aromatic rings. The minimum atomic E-state index is -3.86. The fourth-order valence-corrected chi connectivity index (χ4v) is 5.80. The predicted octanol–water partition coefficient (Wildman–Crippen LogP) is 3.71. The van der Waals surface area contributed by atoms with Gasteiger partial charge in [-0.1, -0.05) is 12.1 Å². The smallest absolute Gasteiger partial charge is 0.264 e. The second-order valence-electron chi connectivity index (χ2n) is 7.27. The van der Waals surface area contributed by atoms with E-state index in [1.165, 1.54) is 16.6 Å². The van der Waals surface area contributed by atoms with Gasteiger partial charge >= 0.3 is 0 Å². The van der Waals surface area contributed by atoms with Gasteiger partial charge in [0, 0.05) is 29.2 Å². The third-order valence-electron chi connectivity index (χ3n) is 5.57. The van der Waals surface area contributed by atoms with Crippen molar-refractivity contribution in [1.82, 2.24) is 4.98 Å². The van der Waals surface area contributed by atoms with E-state index in [1.807, 2.05) is 6.07 Å². The van der Waals surface area contributed by atoms with Crippen molar-refractivity contribution in [2.45, 2.75) is 30.1 Å². The highest BCUT2D eigenvalue weighted by Crippen LogP contribution is 2.48. The van der Waals surface area contributed by atoms with Crippen molar-refractivity contribution in [2.75, 3.05) is 10.8 Å². The Bertz CT molecular complexity index is 1330. The summed E-state index contributed by atoms with van der Waals surface area (Å²) in [6.07, 6.45) is 4.29. The Morgan fingerprint density at radius 3 is 2.71 bits per heavy atom. The Balaban J connectivity index is 1.71. The lowest BCUT2D eigenvalue weighted by atomic mass is 10.00. The van der Waals surface area contributed by atoms with E-state index in [1.54, 1.807) is 24.3 Å². The monoisotopic (exact) mass is 391 g/mol. The first kappa shape index (κ1) is 17.0. The number of hydrogen-bond acceptors (Lipinski definition) is 3. The number of aromatic nitrogens is 1. The summed E-state index contributed by atoms with van der Waals surface area (Å²) in [5.41, 5.74) is 2.92. The number of sulfonamides is 1. The molecule has 2 aromatic carbocycles. The standard InChI is InChI=1S/C21H17N3O3S/c1-22-14-11-18(13-5-6-13)15-8-10-24(19(15)12-14)28(26,27)20-4-2-3-17-16(20)7-9-23-21(17)25/h2-4,7,9,11-13H,5-6,8,10H2,(H,23,25). The van der Waals surface area contributed by atoms with Crippen LogP contribution < -0.4 is 9.86 Å². The summed E-state index contributed by atoms with van der Waals surface area (Å²) in [5.74, 6) is 0.439. The number of rotatable bonds is 3. The van der Waals surface area contributed by atoms with Gasteiger partial charge in [0.15, 0.2) is 5.69 Å². The molecule has 140 valence electrons. The van der Waals surface area contributed by atoms with E-state index in [4.69, 9.17) is 6.57 Å². The number of fused-ring (bicyclic) bond motifs is 2. The van der Waals surface area contributed by atoms with Crippen LogP contribution in [0, 0.1) is 6.57 Å². The van der Waals surface area contributed by atoms with E-state index in [9.17, 15) is 13.2 Å². The molecule has 0 radical (unpaired) electrons. The lowest BCUT2D eigenvalue weighted by Gasteiger charge is -2.21. The molecule has 7 heteroatoms. The molecule has 0 spiro atoms. The Kier molecular flexibility index (Phi) is 3.61. The van der Waals surface area contributed by atoms with Gasteiger partial charge in [-0.2, -0.15) is 0 Å². The summed E-state index contributed by atoms with van der Waals surface area (Å²) in [7, 11) is -3.86. The molecule has 5 rings (SSSR count). The van der Waals surface area contributed by atoms with Gasteiger partial charge in [-0.05, 0) is 60.6 Å². The van der Waals surface area contributed by atoms with Crippen molar-refractivity contribution >= 4 is 32.2 Å². The maximum Gasteiger partial charge on any atom is 0.264 e. The number of H-pyrrole nitrogens is 1. The zero-order valence-corrected chi connectivity index (χ0v) is 15.8. The highest BCUT2D eigenvalue weighted by Gasteiger charge is 2.36. The molecule has 1 aliphatic carbocycles. The first-order valence-electron chi connectivity index (χ1n) is 9.18. The van der Waals surface area contributed by atoms with E-state index >= 15 is 0 Å². The van der Waals surface area contributed by atoms with E-state index in [0.717, 1.165) is 24.0 Å². The third kappa shape index (κ3) is 2.45. The summed E-state index contributed by atoms with van der Waals surface area (Å²) in [6.45, 7) is 7.75. The molecule has 1 aromatic heterocycles. The number of anilines is 1. The van der Waals surface area contributed by atoms with Gasteiger partial charge in [0.05, 0.1) is 11.5 Å². The van der Waals surface area contributed by atoms with Crippen LogP contribution in [0.4, 0.5) is 11.4 Å². The minimum Gasteiger partial charge on any atom is -0.329 e. The van der Waals surface area contributed by atoms with E-state index < -0.39 is 10.0 Å². The molecule has 28 heavy (non-hydrogen) atoms. The lowest BCUT2D eigenvalue weighted by molar-refractivity contribution is 0.593. The third-order valence-corrected chi connectivity index (χ3v) is 7.44. The Morgan fingerprint density at radius 1 is 1.14 bits per heavy atom. The maximum atomic E-state index is 13.6. The second-order valence-corrected chi connectivity index (χ2v) is 9.10. The van der Waals surface area contributed by atoms with Crippen LogP contribution in [0.15, 0.2) is 52.3 Å². The predicted molar refractivity (Wildman–Crippen MR) is 107 cm³/mol. The lowest BCUT2D eigenvalue weighted by Crippen LogP contribution is -2.29. The van der Waals surface area contributed by atoms with Crippen LogP contribution in [0.1, 0.15) is 29.9 Å². The molecule has 1 aliphatic heterocycles. The molecular formula is C21H17N3O3S. The number of nitrogens with one attached hydrogen (secondary N) is 1. The van der Waals surface area contributed by atoms with Crippen LogP contribution >= 0.6 is 0 Å². The van der Waals surface area contributed by atoms with Crippen molar-refractivity contribution in [1.29, 1.82) is 0 Å². The highest BCUT2D eigenvalue weighted by atomic mass is 32.2. The van der Waals surface area contributed by atoms with Crippen LogP contribution in [0.5, 0.6) is 0 Å². The molecule has 1 saturated carbocycles. The number of hydrogen-bond donors (Lipinski definition) is 1. The zero-order chi connectivity index (χ0) is 19.5. The molecule has 0 bridgehead atoms. The first-order valence-corrected chi connectivity index (χ1v) is 10.6. The van der Waals surface area contributed by atoms with Crippen molar-refractivity contribution in [3.8, 4) is 0 Å². The summed E-state index contributed by atoms with van der Waals surface area (Å²) in [5, 5.41) is 0.750. The molecule has 0 saturated heterocycles. The number of pyridine rings is 1. The first-order chi connectivity index (χ1) is 13.5. The van der Waals surface area contributed by atoms with Gasteiger partial charge in [0.25, 0.3) is 15.6 Å². The van der Waals surface area contributed by atoms with Crippen molar-refractivity contribution in [3.63, 3.8) is 0 Å². The molecule has 1 N–H and O–H groups in total. The fraction of sp³-hybridized carbons (Fsp3) is 0.238. The summed E-state index contributed by atoms with van der Waals surface area (Å²) in [4.78, 5) is 18.3. The van der Waals surface area contributed by atoms with Gasteiger partial charge < -0.3 is 4.98 Å². The zero-order valence-electron chi connectivity index (χ0n) is 15.0. The Labute approximate surface area is 162 Å². The van der Waals surface area contributed by atoms with Crippen molar-refractivity contribution in [3.05, 3.63) is 75.5 Å². The SMILES string of the molecule is [C-]#[N+]c1cc(C2CC2)c2c(c1)N(S(=O)(=O)c1cccc3c(=O)[nH]ccc13)CC2. The molecule has 1 fully saturated rings. The molecule has 6 nitrogen and oxygen atoms in total. The van der Waals surface area contributed by atoms with Crippen molar-refractivity contribution in [2.24, 2.45) is 0 Å². The highest BCUT2D eigenvalue weighted by molar-refractivity contribution is 7.93. The van der Waals surface area contributed by atoms with Gasteiger partial charge in [-0.15, -0.1) is 0 Å². The molecule has 2 heterocycles. The second kappa shape index (κ2) is 5.94. The van der Waals surface area contributed by atoms with Crippen LogP contribution in [0.3, 0.4) is 0 Å². The van der Waals surface area contributed by atoms with Gasteiger partial charge in [0.1, 0.15) is 0 Å². The maximum absolute atomic E-state index is 13.6. The fourth-order valence-electron chi connectivity index (χ4n) is 4.10. The summed E-state index contributed by atoms with van der Waals surface area (Å²) in [6, 6.07) is 9.95. The van der Waals surface area contributed by atoms with Crippen LogP contribution in [-0.4, -0.2) is 19.9 Å². The number of nitrogens with zero attached hydrogens (tertiary/aromatic N) is 2. The van der Waals surface area contributed by atoms with Crippen LogP contribution in [0.25, 0.3) is 15.6 Å². The van der Waals surface area contributed by atoms with Gasteiger partial charge in [-0.25, -0.2) is 13.3 Å². The van der Waals surface area contributed by atoms with Crippen molar-refractivity contribution < 1.29 is 8.42 Å². The Hall–Kier alpha value is -3.11. The van der Waals surface area contributed by atoms with E-state index in [2.05, 4.69) is 9.83 Å². The quantitative estimate of drug-likeness (QED) is 0.692. The van der Waals surface area contributed by atoms with E-state index in [-0.39, 0.29) is 10.5 Å². The molecule has 0 amide bonds. The van der Waals surface area contributed by atoms with Crippen LogP contribution in [0.2, 0.25) is 0 Å². The largest absolute Gasteiger partial charge is 0.329 e. The number of benzene rings is 2. The average molecular weight is 391 g/mol. The average Bonchev–Trinajstić information content (AvgIpc) is 3.45. The summed E-state index contributed by atoms with van der Waals surface area (Å²) >= 11 is 0. The summed E-state index contributed by atoms with van der Waals surface area (Å²) < 4.78 is 28.5. The molecular weight excluding hydrogens is 374 g/mol. The minimum absolute atomic E-state index is 0.116. The molecule has 0 atom stereocenters. The molecule has 2 aliphatic rings. The molecule has 0 unspecified atom stereocenters. The normalized spacial score (nSPS) is 16.2. The topological polar surface area (TPSA) is 74.6 Å². The van der Waals surface area contributed by atoms with Crippen LogP contribution in [-0.2, 0) is 16.4 Å². The van der Waals surface area contributed by atoms with Gasteiger partial charge in [0.2, 0.25) is 0 Å². The number of aromatic amines is 1. The Morgan fingerprint density at radius 2 is 1.96 bits per heavy atom.